The topological polar surface area (TPSA) is 56.3 Å². The third-order valence-corrected chi connectivity index (χ3v) is 7.49. The van der Waals surface area contributed by atoms with Gasteiger partial charge in [0.25, 0.3) is 5.91 Å². The van der Waals surface area contributed by atoms with Crippen molar-refractivity contribution in [1.29, 1.82) is 0 Å². The number of nitrogens with zero attached hydrogens (tertiary/aromatic N) is 4. The van der Waals surface area contributed by atoms with Gasteiger partial charge in [-0.25, -0.2) is 9.29 Å². The Bertz CT molecular complexity index is 1030. The molecule has 2 aromatic rings. The number of halogens is 1. The smallest absolute Gasteiger partial charge is 0.251 e. The fourth-order valence-electron chi connectivity index (χ4n) is 5.59. The van der Waals surface area contributed by atoms with Crippen molar-refractivity contribution in [3.63, 3.8) is 0 Å². The van der Waals surface area contributed by atoms with Crippen LogP contribution in [-0.2, 0) is 9.59 Å². The van der Waals surface area contributed by atoms with Crippen LogP contribution in [-0.4, -0.2) is 79.6 Å². The molecule has 35 heavy (non-hydrogen) atoms. The number of carbonyl (C=O) groups excluding carboxylic acids is 2. The Kier molecular flexibility index (Phi) is 7.02. The summed E-state index contributed by atoms with van der Waals surface area (Å²) >= 11 is 0. The van der Waals surface area contributed by atoms with Gasteiger partial charge < -0.3 is 9.64 Å². The van der Waals surface area contributed by atoms with Crippen molar-refractivity contribution in [3.8, 4) is 5.75 Å². The van der Waals surface area contributed by atoms with Crippen LogP contribution >= 0.6 is 0 Å². The fourth-order valence-corrected chi connectivity index (χ4v) is 5.59. The van der Waals surface area contributed by atoms with Gasteiger partial charge >= 0.3 is 0 Å². The molecule has 3 fully saturated rings. The Balaban J connectivity index is 1.13. The van der Waals surface area contributed by atoms with Crippen LogP contribution < -0.4 is 14.5 Å². The highest BCUT2D eigenvalue weighted by Gasteiger charge is 2.44. The maximum atomic E-state index is 13.2. The molecule has 0 radical (unpaired) electrons. The molecule has 1 unspecified atom stereocenters. The summed E-state index contributed by atoms with van der Waals surface area (Å²) in [6.07, 6.45) is 2.24. The Morgan fingerprint density at radius 3 is 2.09 bits per heavy atom. The largest absolute Gasteiger partial charge is 0.494 e. The summed E-state index contributed by atoms with van der Waals surface area (Å²) in [5.41, 5.74) is 1.68. The predicted octanol–water partition coefficient (Wildman–Crippen LogP) is 3.14. The minimum absolute atomic E-state index is 0.120. The van der Waals surface area contributed by atoms with E-state index in [0.717, 1.165) is 63.5 Å². The van der Waals surface area contributed by atoms with E-state index in [9.17, 15) is 14.0 Å². The number of hydrogen-bond donors (Lipinski definition) is 0. The first kappa shape index (κ1) is 23.8. The van der Waals surface area contributed by atoms with Gasteiger partial charge in [0.1, 0.15) is 11.6 Å². The molecule has 0 saturated carbocycles. The maximum Gasteiger partial charge on any atom is 0.251 e. The molecule has 3 heterocycles. The normalized spacial score (nSPS) is 22.7. The highest BCUT2D eigenvalue weighted by atomic mass is 19.1. The third kappa shape index (κ3) is 5.04. The molecule has 0 spiro atoms. The van der Waals surface area contributed by atoms with Gasteiger partial charge in [-0.3, -0.25) is 19.4 Å². The zero-order valence-electron chi connectivity index (χ0n) is 20.2. The van der Waals surface area contributed by atoms with Gasteiger partial charge in [-0.15, -0.1) is 0 Å². The van der Waals surface area contributed by atoms with Gasteiger partial charge in [0.05, 0.1) is 24.8 Å². The minimum atomic E-state index is -0.370. The van der Waals surface area contributed by atoms with Crippen LogP contribution in [0.4, 0.5) is 15.8 Å². The van der Waals surface area contributed by atoms with Gasteiger partial charge in [0.15, 0.2) is 0 Å². The Morgan fingerprint density at radius 1 is 0.829 bits per heavy atom. The number of imide groups is 1. The van der Waals surface area contributed by atoms with E-state index in [-0.39, 0.29) is 30.1 Å². The van der Waals surface area contributed by atoms with Crippen LogP contribution in [0.15, 0.2) is 48.5 Å². The number of rotatable bonds is 6. The number of hydrogen-bond acceptors (Lipinski definition) is 6. The summed E-state index contributed by atoms with van der Waals surface area (Å²) in [5.74, 6) is 0.269. The Morgan fingerprint density at radius 2 is 1.46 bits per heavy atom. The molecule has 8 heteroatoms. The van der Waals surface area contributed by atoms with Crippen molar-refractivity contribution in [2.45, 2.75) is 38.3 Å². The number of amides is 2. The lowest BCUT2D eigenvalue weighted by Gasteiger charge is -2.44. The molecule has 0 N–H and O–H groups in total. The number of benzene rings is 2. The van der Waals surface area contributed by atoms with E-state index in [1.165, 1.54) is 17.0 Å². The second-order valence-corrected chi connectivity index (χ2v) is 9.48. The summed E-state index contributed by atoms with van der Waals surface area (Å²) in [4.78, 5) is 34.3. The van der Waals surface area contributed by atoms with E-state index >= 15 is 0 Å². The lowest BCUT2D eigenvalue weighted by molar-refractivity contribution is -0.123. The van der Waals surface area contributed by atoms with E-state index in [0.29, 0.717) is 18.3 Å². The standard InChI is InChI=1S/C27H33FN4O3/c1-2-35-24-9-7-23(8-10-24)32-26(33)19-25(27(32)34)31-13-11-22(12-14-31)30-17-15-29(16-18-30)21-5-3-20(28)4-6-21/h3-10,22,25H,2,11-19H2,1H3. The molecule has 3 aliphatic heterocycles. The summed E-state index contributed by atoms with van der Waals surface area (Å²) in [7, 11) is 0. The summed E-state index contributed by atoms with van der Waals surface area (Å²) in [6.45, 7) is 7.96. The molecule has 7 nitrogen and oxygen atoms in total. The number of anilines is 2. The van der Waals surface area contributed by atoms with Crippen LogP contribution in [0.1, 0.15) is 26.2 Å². The van der Waals surface area contributed by atoms with Gasteiger partial charge in [0.2, 0.25) is 5.91 Å². The zero-order chi connectivity index (χ0) is 24.4. The van der Waals surface area contributed by atoms with Crippen molar-refractivity contribution in [1.82, 2.24) is 9.80 Å². The highest BCUT2D eigenvalue weighted by molar-refractivity contribution is 6.22. The second-order valence-electron chi connectivity index (χ2n) is 9.48. The van der Waals surface area contributed by atoms with Crippen LogP contribution in [0, 0.1) is 5.82 Å². The first-order valence-electron chi connectivity index (χ1n) is 12.6. The third-order valence-electron chi connectivity index (χ3n) is 7.49. The van der Waals surface area contributed by atoms with Crippen LogP contribution in [0.5, 0.6) is 5.75 Å². The molecule has 2 amide bonds. The number of likely N-dealkylation sites (tertiary alicyclic amines) is 1. The summed E-state index contributed by atoms with van der Waals surface area (Å²) in [5, 5.41) is 0. The summed E-state index contributed by atoms with van der Waals surface area (Å²) < 4.78 is 18.7. The lowest BCUT2D eigenvalue weighted by Crippen LogP contribution is -2.55. The molecule has 1 atom stereocenters. The number of carbonyl (C=O) groups is 2. The number of piperidine rings is 1. The maximum absolute atomic E-state index is 13.2. The van der Waals surface area contributed by atoms with E-state index in [1.54, 1.807) is 24.3 Å². The fraction of sp³-hybridized carbons (Fsp3) is 0.481. The monoisotopic (exact) mass is 480 g/mol. The first-order valence-corrected chi connectivity index (χ1v) is 12.6. The van der Waals surface area contributed by atoms with E-state index in [1.807, 2.05) is 19.1 Å². The quantitative estimate of drug-likeness (QED) is 0.593. The molecule has 186 valence electrons. The molecule has 0 bridgehead atoms. The molecule has 0 aromatic heterocycles. The SMILES string of the molecule is CCOc1ccc(N2C(=O)CC(N3CCC(N4CCN(c5ccc(F)cc5)CC4)CC3)C2=O)cc1. The first-order chi connectivity index (χ1) is 17.0. The molecular formula is C27H33FN4O3. The van der Waals surface area contributed by atoms with Crippen molar-refractivity contribution in [3.05, 3.63) is 54.3 Å². The molecule has 2 aromatic carbocycles. The van der Waals surface area contributed by atoms with Gasteiger partial charge in [-0.05, 0) is 68.3 Å². The predicted molar refractivity (Wildman–Crippen MR) is 133 cm³/mol. The molecule has 0 aliphatic carbocycles. The van der Waals surface area contributed by atoms with Crippen molar-refractivity contribution in [2.75, 3.05) is 55.7 Å². The number of ether oxygens (including phenoxy) is 1. The highest BCUT2D eigenvalue weighted by Crippen LogP contribution is 2.30. The second kappa shape index (κ2) is 10.3. The van der Waals surface area contributed by atoms with Crippen LogP contribution in [0.2, 0.25) is 0 Å². The number of piperazine rings is 1. The van der Waals surface area contributed by atoms with Crippen LogP contribution in [0.25, 0.3) is 0 Å². The van der Waals surface area contributed by atoms with Gasteiger partial charge in [-0.1, -0.05) is 0 Å². The molecular weight excluding hydrogens is 447 g/mol. The Labute approximate surface area is 206 Å². The summed E-state index contributed by atoms with van der Waals surface area (Å²) in [6, 6.07) is 14.0. The molecule has 3 saturated heterocycles. The zero-order valence-corrected chi connectivity index (χ0v) is 20.2. The average molecular weight is 481 g/mol. The lowest BCUT2D eigenvalue weighted by atomic mass is 10.00. The average Bonchev–Trinajstić information content (AvgIpc) is 3.19. The van der Waals surface area contributed by atoms with Crippen molar-refractivity contribution in [2.24, 2.45) is 0 Å². The van der Waals surface area contributed by atoms with Crippen molar-refractivity contribution >= 4 is 23.2 Å². The molecule has 5 rings (SSSR count). The minimum Gasteiger partial charge on any atom is -0.494 e. The van der Waals surface area contributed by atoms with E-state index < -0.39 is 0 Å². The Hall–Kier alpha value is -2.97. The van der Waals surface area contributed by atoms with Gasteiger partial charge in [-0.2, -0.15) is 0 Å². The molecule has 3 aliphatic rings. The van der Waals surface area contributed by atoms with E-state index in [4.69, 9.17) is 4.74 Å². The van der Waals surface area contributed by atoms with Crippen molar-refractivity contribution < 1.29 is 18.7 Å². The van der Waals surface area contributed by atoms with E-state index in [2.05, 4.69) is 14.7 Å². The van der Waals surface area contributed by atoms with Gasteiger partial charge in [0, 0.05) is 51.0 Å². The van der Waals surface area contributed by atoms with Crippen LogP contribution in [0.3, 0.4) is 0 Å².